The molecule has 0 saturated carbocycles. The number of carbonyl (C=O) groups is 1. The minimum absolute atomic E-state index is 0.112. The smallest absolute Gasteiger partial charge is 0.244 e. The van der Waals surface area contributed by atoms with Gasteiger partial charge >= 0.3 is 0 Å². The van der Waals surface area contributed by atoms with Crippen LogP contribution in [0.25, 0.3) is 6.08 Å². The van der Waals surface area contributed by atoms with Crippen LogP contribution >= 0.6 is 23.4 Å². The normalized spacial score (nSPS) is 10.8. The molecule has 0 atom stereocenters. The molecular formula is C17H16ClNOS. The maximum absolute atomic E-state index is 11.8. The van der Waals surface area contributed by atoms with Crippen molar-refractivity contribution >= 4 is 35.3 Å². The molecule has 0 bridgehead atoms. The summed E-state index contributed by atoms with van der Waals surface area (Å²) in [6, 6.07) is 15.5. The van der Waals surface area contributed by atoms with Crippen molar-refractivity contribution in [2.45, 2.75) is 11.4 Å². The van der Waals surface area contributed by atoms with Crippen molar-refractivity contribution in [3.05, 3.63) is 70.8 Å². The van der Waals surface area contributed by atoms with Gasteiger partial charge < -0.3 is 5.32 Å². The van der Waals surface area contributed by atoms with Crippen LogP contribution in [0.15, 0.2) is 59.5 Å². The van der Waals surface area contributed by atoms with E-state index >= 15 is 0 Å². The van der Waals surface area contributed by atoms with Crippen LogP contribution in [-0.2, 0) is 11.3 Å². The number of rotatable bonds is 5. The van der Waals surface area contributed by atoms with Gasteiger partial charge in [-0.15, -0.1) is 11.8 Å². The molecule has 21 heavy (non-hydrogen) atoms. The third kappa shape index (κ3) is 5.29. The van der Waals surface area contributed by atoms with Crippen LogP contribution in [0.1, 0.15) is 11.1 Å². The van der Waals surface area contributed by atoms with E-state index in [2.05, 4.69) is 17.4 Å². The lowest BCUT2D eigenvalue weighted by atomic mass is 10.2. The Morgan fingerprint density at radius 3 is 2.43 bits per heavy atom. The lowest BCUT2D eigenvalue weighted by molar-refractivity contribution is -0.116. The Morgan fingerprint density at radius 1 is 1.14 bits per heavy atom. The summed E-state index contributed by atoms with van der Waals surface area (Å²) in [5.41, 5.74) is 2.03. The Kier molecular flexibility index (Phi) is 5.90. The number of halogens is 1. The maximum Gasteiger partial charge on any atom is 0.244 e. The molecule has 1 amide bonds. The van der Waals surface area contributed by atoms with E-state index in [0.29, 0.717) is 11.6 Å². The SMILES string of the molecule is CSc1ccc(CNC(=O)/C=C/c2ccc(Cl)cc2)cc1. The summed E-state index contributed by atoms with van der Waals surface area (Å²) < 4.78 is 0. The molecule has 0 spiro atoms. The van der Waals surface area contributed by atoms with Gasteiger partial charge in [0.05, 0.1) is 0 Å². The van der Waals surface area contributed by atoms with Crippen molar-refractivity contribution in [1.29, 1.82) is 0 Å². The number of nitrogens with one attached hydrogen (secondary N) is 1. The second-order valence-corrected chi connectivity index (χ2v) is 5.77. The minimum Gasteiger partial charge on any atom is -0.348 e. The maximum atomic E-state index is 11.8. The second-order valence-electron chi connectivity index (χ2n) is 4.45. The first-order valence-electron chi connectivity index (χ1n) is 6.52. The number of carbonyl (C=O) groups excluding carboxylic acids is 1. The molecule has 0 fully saturated rings. The van der Waals surface area contributed by atoms with Gasteiger partial charge in [-0.25, -0.2) is 0 Å². The molecule has 2 rings (SSSR count). The third-order valence-corrected chi connectivity index (χ3v) is 3.92. The monoisotopic (exact) mass is 317 g/mol. The lowest BCUT2D eigenvalue weighted by Gasteiger charge is -2.03. The highest BCUT2D eigenvalue weighted by atomic mass is 35.5. The van der Waals surface area contributed by atoms with Crippen LogP contribution in [0.4, 0.5) is 0 Å². The van der Waals surface area contributed by atoms with E-state index in [9.17, 15) is 4.79 Å². The van der Waals surface area contributed by atoms with Crippen molar-refractivity contribution in [2.75, 3.05) is 6.26 Å². The van der Waals surface area contributed by atoms with Crippen LogP contribution < -0.4 is 5.32 Å². The standard InChI is InChI=1S/C17H16ClNOS/c1-21-16-9-4-14(5-10-16)12-19-17(20)11-6-13-2-7-15(18)8-3-13/h2-11H,12H2,1H3,(H,19,20)/b11-6+. The highest BCUT2D eigenvalue weighted by molar-refractivity contribution is 7.98. The quantitative estimate of drug-likeness (QED) is 0.654. The Labute approximate surface area is 134 Å². The number of hydrogen-bond acceptors (Lipinski definition) is 2. The molecule has 4 heteroatoms. The van der Waals surface area contributed by atoms with Gasteiger partial charge in [0.25, 0.3) is 0 Å². The zero-order valence-electron chi connectivity index (χ0n) is 11.7. The fourth-order valence-corrected chi connectivity index (χ4v) is 2.27. The summed E-state index contributed by atoms with van der Waals surface area (Å²) in [5, 5.41) is 3.54. The second kappa shape index (κ2) is 7.91. The van der Waals surface area contributed by atoms with E-state index in [-0.39, 0.29) is 5.91 Å². The summed E-state index contributed by atoms with van der Waals surface area (Å²) in [5.74, 6) is -0.112. The topological polar surface area (TPSA) is 29.1 Å². The number of amides is 1. The zero-order chi connectivity index (χ0) is 15.1. The van der Waals surface area contributed by atoms with E-state index in [4.69, 9.17) is 11.6 Å². The molecule has 2 aromatic carbocycles. The first kappa shape index (κ1) is 15.7. The van der Waals surface area contributed by atoms with Gasteiger partial charge in [0.2, 0.25) is 5.91 Å². The molecule has 0 saturated heterocycles. The first-order chi connectivity index (χ1) is 10.2. The van der Waals surface area contributed by atoms with Crippen molar-refractivity contribution < 1.29 is 4.79 Å². The number of benzene rings is 2. The van der Waals surface area contributed by atoms with Gasteiger partial charge in [-0.05, 0) is 47.7 Å². The fourth-order valence-electron chi connectivity index (χ4n) is 1.74. The van der Waals surface area contributed by atoms with E-state index in [1.807, 2.05) is 30.5 Å². The van der Waals surface area contributed by atoms with Crippen LogP contribution in [0, 0.1) is 0 Å². The van der Waals surface area contributed by atoms with Crippen molar-refractivity contribution in [3.8, 4) is 0 Å². The Balaban J connectivity index is 1.85. The number of thioether (sulfide) groups is 1. The van der Waals surface area contributed by atoms with E-state index in [0.717, 1.165) is 11.1 Å². The van der Waals surface area contributed by atoms with E-state index in [1.54, 1.807) is 30.0 Å². The lowest BCUT2D eigenvalue weighted by Crippen LogP contribution is -2.20. The predicted molar refractivity (Wildman–Crippen MR) is 90.6 cm³/mol. The molecule has 0 aromatic heterocycles. The third-order valence-electron chi connectivity index (χ3n) is 2.92. The van der Waals surface area contributed by atoms with Crippen molar-refractivity contribution in [2.24, 2.45) is 0 Å². The molecule has 1 N–H and O–H groups in total. The molecule has 108 valence electrons. The molecule has 0 heterocycles. The van der Waals surface area contributed by atoms with Gasteiger partial charge in [0.15, 0.2) is 0 Å². The minimum atomic E-state index is -0.112. The summed E-state index contributed by atoms with van der Waals surface area (Å²) >= 11 is 7.51. The molecular weight excluding hydrogens is 302 g/mol. The van der Waals surface area contributed by atoms with E-state index in [1.165, 1.54) is 11.0 Å². The molecule has 0 aliphatic rings. The molecule has 0 radical (unpaired) electrons. The van der Waals surface area contributed by atoms with Gasteiger partial charge in [0.1, 0.15) is 0 Å². The van der Waals surface area contributed by atoms with E-state index < -0.39 is 0 Å². The van der Waals surface area contributed by atoms with Gasteiger partial charge in [0, 0.05) is 22.5 Å². The molecule has 2 aromatic rings. The Morgan fingerprint density at radius 2 is 1.81 bits per heavy atom. The summed E-state index contributed by atoms with van der Waals surface area (Å²) in [4.78, 5) is 13.0. The van der Waals surface area contributed by atoms with Crippen LogP contribution in [0.5, 0.6) is 0 Å². The molecule has 0 aliphatic carbocycles. The first-order valence-corrected chi connectivity index (χ1v) is 8.12. The fraction of sp³-hybridized carbons (Fsp3) is 0.118. The van der Waals surface area contributed by atoms with Gasteiger partial charge in [-0.2, -0.15) is 0 Å². The molecule has 0 unspecified atom stereocenters. The predicted octanol–water partition coefficient (Wildman–Crippen LogP) is 4.39. The largest absolute Gasteiger partial charge is 0.348 e. The summed E-state index contributed by atoms with van der Waals surface area (Å²) in [6.07, 6.45) is 5.33. The summed E-state index contributed by atoms with van der Waals surface area (Å²) in [7, 11) is 0. The van der Waals surface area contributed by atoms with Crippen molar-refractivity contribution in [1.82, 2.24) is 5.32 Å². The van der Waals surface area contributed by atoms with Crippen LogP contribution in [0.3, 0.4) is 0 Å². The highest BCUT2D eigenvalue weighted by Gasteiger charge is 1.97. The number of hydrogen-bond donors (Lipinski definition) is 1. The zero-order valence-corrected chi connectivity index (χ0v) is 13.2. The molecule has 2 nitrogen and oxygen atoms in total. The highest BCUT2D eigenvalue weighted by Crippen LogP contribution is 2.14. The average molecular weight is 318 g/mol. The van der Waals surface area contributed by atoms with Gasteiger partial charge in [-0.1, -0.05) is 35.9 Å². The Hall–Kier alpha value is -1.71. The van der Waals surface area contributed by atoms with Crippen LogP contribution in [-0.4, -0.2) is 12.2 Å². The van der Waals surface area contributed by atoms with Gasteiger partial charge in [-0.3, -0.25) is 4.79 Å². The summed E-state index contributed by atoms with van der Waals surface area (Å²) in [6.45, 7) is 0.526. The van der Waals surface area contributed by atoms with Crippen LogP contribution in [0.2, 0.25) is 5.02 Å². The average Bonchev–Trinajstić information content (AvgIpc) is 2.53. The molecule has 0 aliphatic heterocycles. The van der Waals surface area contributed by atoms with Crippen molar-refractivity contribution in [3.63, 3.8) is 0 Å². The Bertz CT molecular complexity index is 620.